The minimum atomic E-state index is -3.81. The van der Waals surface area contributed by atoms with Crippen molar-refractivity contribution in [3.8, 4) is 11.3 Å². The molecule has 0 amide bonds. The zero-order valence-corrected chi connectivity index (χ0v) is 22.3. The Labute approximate surface area is 226 Å². The number of nitrogen functional groups attached to an aromatic ring is 1. The molecule has 4 aromatic rings. The van der Waals surface area contributed by atoms with Crippen LogP contribution in [0.4, 0.5) is 14.6 Å². The van der Waals surface area contributed by atoms with E-state index in [1.54, 1.807) is 12.1 Å². The molecule has 204 valence electrons. The standard InChI is InChI=1S/C29H31F2N5O2S/c30-24-4-2-1-3-19(24)15-39(37,38)16-20-6-5-18(13-25(20)31)27-26-28(36(35-27)22-11-12-22)23(14-34-29(26)33)17-7-9-21(32)10-8-17/h1-6,13-14,17,21-22H,7-12,15-16,32H2,(H2,33,34). The van der Waals surface area contributed by atoms with Crippen molar-refractivity contribution in [3.05, 3.63) is 77.0 Å². The van der Waals surface area contributed by atoms with Crippen molar-refractivity contribution < 1.29 is 17.2 Å². The highest BCUT2D eigenvalue weighted by Gasteiger charge is 2.32. The predicted molar refractivity (Wildman–Crippen MR) is 148 cm³/mol. The van der Waals surface area contributed by atoms with Crippen molar-refractivity contribution in [1.82, 2.24) is 14.8 Å². The number of benzene rings is 2. The van der Waals surface area contributed by atoms with Crippen LogP contribution in [0.5, 0.6) is 0 Å². The lowest BCUT2D eigenvalue weighted by atomic mass is 9.82. The smallest absolute Gasteiger partial charge is 0.158 e. The normalized spacial score (nSPS) is 20.0. The second kappa shape index (κ2) is 9.98. The van der Waals surface area contributed by atoms with Gasteiger partial charge in [0.1, 0.15) is 23.1 Å². The van der Waals surface area contributed by atoms with E-state index >= 15 is 4.39 Å². The minimum Gasteiger partial charge on any atom is -0.383 e. The Bertz CT molecular complexity index is 1660. The van der Waals surface area contributed by atoms with Crippen LogP contribution in [0.1, 0.15) is 67.2 Å². The van der Waals surface area contributed by atoms with E-state index in [0.717, 1.165) is 49.6 Å². The van der Waals surface area contributed by atoms with E-state index in [2.05, 4.69) is 4.98 Å². The van der Waals surface area contributed by atoms with Gasteiger partial charge in [0, 0.05) is 28.9 Å². The molecular formula is C29H31F2N5O2S. The summed E-state index contributed by atoms with van der Waals surface area (Å²) < 4.78 is 56.9. The minimum absolute atomic E-state index is 0.0198. The lowest BCUT2D eigenvalue weighted by Crippen LogP contribution is -2.26. The monoisotopic (exact) mass is 551 g/mol. The molecule has 0 spiro atoms. The number of rotatable bonds is 7. The first-order valence-electron chi connectivity index (χ1n) is 13.3. The molecule has 0 radical (unpaired) electrons. The van der Waals surface area contributed by atoms with E-state index in [1.807, 2.05) is 10.9 Å². The van der Waals surface area contributed by atoms with Gasteiger partial charge in [-0.1, -0.05) is 30.3 Å². The summed E-state index contributed by atoms with van der Waals surface area (Å²) in [5.41, 5.74) is 15.7. The molecule has 2 aromatic carbocycles. The second-order valence-corrected chi connectivity index (χ2v) is 13.0. The van der Waals surface area contributed by atoms with Crippen molar-refractivity contribution >= 4 is 26.6 Å². The average molecular weight is 552 g/mol. The maximum absolute atomic E-state index is 15.3. The van der Waals surface area contributed by atoms with Crippen molar-refractivity contribution in [1.29, 1.82) is 0 Å². The number of nitrogens with zero attached hydrogens (tertiary/aromatic N) is 3. The fourth-order valence-electron chi connectivity index (χ4n) is 5.68. The van der Waals surface area contributed by atoms with Crippen molar-refractivity contribution in [2.45, 2.75) is 68.0 Å². The van der Waals surface area contributed by atoms with Gasteiger partial charge < -0.3 is 11.5 Å². The van der Waals surface area contributed by atoms with Crippen LogP contribution in [0.15, 0.2) is 48.7 Å². The molecule has 7 nitrogen and oxygen atoms in total. The third kappa shape index (κ3) is 5.15. The Balaban J connectivity index is 1.36. The molecule has 4 N–H and O–H groups in total. The first-order chi connectivity index (χ1) is 18.7. The third-order valence-corrected chi connectivity index (χ3v) is 9.42. The van der Waals surface area contributed by atoms with E-state index in [-0.39, 0.29) is 23.2 Å². The Morgan fingerprint density at radius 1 is 0.923 bits per heavy atom. The summed E-state index contributed by atoms with van der Waals surface area (Å²) in [5.74, 6) is -1.67. The number of anilines is 1. The highest BCUT2D eigenvalue weighted by atomic mass is 32.2. The van der Waals surface area contributed by atoms with E-state index in [9.17, 15) is 12.8 Å². The van der Waals surface area contributed by atoms with Gasteiger partial charge >= 0.3 is 0 Å². The molecule has 0 unspecified atom stereocenters. The fraction of sp³-hybridized carbons (Fsp3) is 0.379. The van der Waals surface area contributed by atoms with Crippen LogP contribution in [-0.4, -0.2) is 29.2 Å². The molecule has 2 heterocycles. The first kappa shape index (κ1) is 25.9. The number of nitrogens with two attached hydrogens (primary N) is 2. The number of pyridine rings is 1. The van der Waals surface area contributed by atoms with Gasteiger partial charge in [-0.2, -0.15) is 5.10 Å². The van der Waals surface area contributed by atoms with Crippen LogP contribution in [0.25, 0.3) is 22.2 Å². The number of sulfone groups is 1. The number of hydrogen-bond donors (Lipinski definition) is 2. The van der Waals surface area contributed by atoms with E-state index in [1.165, 1.54) is 30.3 Å². The van der Waals surface area contributed by atoms with Gasteiger partial charge in [0.15, 0.2) is 9.84 Å². The van der Waals surface area contributed by atoms with Gasteiger partial charge in [0.05, 0.1) is 28.5 Å². The maximum Gasteiger partial charge on any atom is 0.158 e. The van der Waals surface area contributed by atoms with Crippen LogP contribution in [0.3, 0.4) is 0 Å². The summed E-state index contributed by atoms with van der Waals surface area (Å²) >= 11 is 0. The predicted octanol–water partition coefficient (Wildman–Crippen LogP) is 5.39. The second-order valence-electron chi connectivity index (χ2n) is 10.9. The molecule has 0 bridgehead atoms. The largest absolute Gasteiger partial charge is 0.383 e. The van der Waals surface area contributed by atoms with Gasteiger partial charge in [-0.15, -0.1) is 0 Å². The summed E-state index contributed by atoms with van der Waals surface area (Å²) in [6.45, 7) is 0. The zero-order valence-electron chi connectivity index (χ0n) is 21.5. The topological polar surface area (TPSA) is 117 Å². The molecule has 6 rings (SSSR count). The third-order valence-electron chi connectivity index (χ3n) is 7.92. The van der Waals surface area contributed by atoms with E-state index in [4.69, 9.17) is 16.6 Å². The highest BCUT2D eigenvalue weighted by molar-refractivity contribution is 7.89. The molecule has 39 heavy (non-hydrogen) atoms. The van der Waals surface area contributed by atoms with Crippen molar-refractivity contribution in [2.75, 3.05) is 5.73 Å². The Morgan fingerprint density at radius 2 is 1.62 bits per heavy atom. The van der Waals surface area contributed by atoms with Crippen LogP contribution in [0.2, 0.25) is 0 Å². The first-order valence-corrected chi connectivity index (χ1v) is 15.2. The Kier molecular flexibility index (Phi) is 6.63. The SMILES string of the molecule is Nc1ncc(C2CCC(N)CC2)c2c1c(-c1ccc(CS(=O)(=O)Cc3ccccc3F)c(F)c1)nn2C1CC1. The highest BCUT2D eigenvalue weighted by Crippen LogP contribution is 2.45. The van der Waals surface area contributed by atoms with Crippen LogP contribution >= 0.6 is 0 Å². The maximum atomic E-state index is 15.3. The van der Waals surface area contributed by atoms with Gasteiger partial charge in [0.25, 0.3) is 0 Å². The average Bonchev–Trinajstić information content (AvgIpc) is 3.67. The zero-order chi connectivity index (χ0) is 27.3. The summed E-state index contributed by atoms with van der Waals surface area (Å²) in [5, 5.41) is 5.61. The Morgan fingerprint density at radius 3 is 2.28 bits per heavy atom. The van der Waals surface area contributed by atoms with Crippen molar-refractivity contribution in [3.63, 3.8) is 0 Å². The lowest BCUT2D eigenvalue weighted by Gasteiger charge is -2.27. The summed E-state index contributed by atoms with van der Waals surface area (Å²) in [6, 6.07) is 10.6. The molecule has 2 saturated carbocycles. The van der Waals surface area contributed by atoms with Gasteiger partial charge in [-0.05, 0) is 62.1 Å². The molecule has 2 aliphatic carbocycles. The van der Waals surface area contributed by atoms with E-state index < -0.39 is 33.0 Å². The molecule has 2 fully saturated rings. The van der Waals surface area contributed by atoms with Crippen LogP contribution in [-0.2, 0) is 21.3 Å². The fourth-order valence-corrected chi connectivity index (χ4v) is 7.20. The molecule has 2 aliphatic rings. The molecule has 10 heteroatoms. The summed E-state index contributed by atoms with van der Waals surface area (Å²) in [4.78, 5) is 4.51. The van der Waals surface area contributed by atoms with Crippen LogP contribution < -0.4 is 11.5 Å². The van der Waals surface area contributed by atoms with Gasteiger partial charge in [0.2, 0.25) is 0 Å². The Hall–Kier alpha value is -3.37. The van der Waals surface area contributed by atoms with E-state index in [0.29, 0.717) is 28.4 Å². The number of halogens is 2. The number of hydrogen-bond acceptors (Lipinski definition) is 6. The molecule has 0 atom stereocenters. The molecule has 2 aromatic heterocycles. The van der Waals surface area contributed by atoms with Gasteiger partial charge in [-0.25, -0.2) is 22.2 Å². The summed E-state index contributed by atoms with van der Waals surface area (Å²) in [7, 11) is -3.81. The quantitative estimate of drug-likeness (QED) is 0.318. The molecular weight excluding hydrogens is 520 g/mol. The molecule has 0 saturated heterocycles. The number of aromatic nitrogens is 3. The van der Waals surface area contributed by atoms with Crippen LogP contribution in [0, 0.1) is 11.6 Å². The van der Waals surface area contributed by atoms with Gasteiger partial charge in [-0.3, -0.25) is 4.68 Å². The van der Waals surface area contributed by atoms with Crippen molar-refractivity contribution in [2.24, 2.45) is 5.73 Å². The molecule has 0 aliphatic heterocycles. The number of fused-ring (bicyclic) bond motifs is 1. The lowest BCUT2D eigenvalue weighted by molar-refractivity contribution is 0.395. The summed E-state index contributed by atoms with van der Waals surface area (Å²) in [6.07, 6.45) is 7.73.